The highest BCUT2D eigenvalue weighted by Crippen LogP contribution is 2.20. The quantitative estimate of drug-likeness (QED) is 0.632. The van der Waals surface area contributed by atoms with E-state index < -0.39 is 16.9 Å². The van der Waals surface area contributed by atoms with Crippen molar-refractivity contribution < 1.29 is 14.8 Å². The second kappa shape index (κ2) is 7.97. The summed E-state index contributed by atoms with van der Waals surface area (Å²) >= 11 is 0. The van der Waals surface area contributed by atoms with Crippen molar-refractivity contribution in [2.45, 2.75) is 12.5 Å². The molecular weight excluding hydrogens is 334 g/mol. The van der Waals surface area contributed by atoms with Gasteiger partial charge in [0.1, 0.15) is 6.04 Å². The van der Waals surface area contributed by atoms with Crippen LogP contribution in [-0.2, 0) is 11.2 Å². The summed E-state index contributed by atoms with van der Waals surface area (Å²) in [5.41, 5.74) is 1.79. The maximum absolute atomic E-state index is 11.8. The van der Waals surface area contributed by atoms with Gasteiger partial charge in [-0.1, -0.05) is 30.3 Å². The fourth-order valence-electron chi connectivity index (χ4n) is 3.32. The first-order chi connectivity index (χ1) is 12.5. The van der Waals surface area contributed by atoms with Gasteiger partial charge in [-0.25, -0.2) is 0 Å². The third kappa shape index (κ3) is 4.18. The minimum absolute atomic E-state index is 0.0134. The lowest BCUT2D eigenvalue weighted by Crippen LogP contribution is -2.53. The first-order valence-electron chi connectivity index (χ1n) is 8.55. The number of non-ortho nitro benzene ring substituents is 1. The zero-order valence-corrected chi connectivity index (χ0v) is 14.3. The minimum atomic E-state index is -0.898. The molecule has 26 heavy (non-hydrogen) atoms. The van der Waals surface area contributed by atoms with Gasteiger partial charge < -0.3 is 10.0 Å². The molecule has 0 amide bonds. The number of carboxylic acid groups (broad SMARTS) is 1. The van der Waals surface area contributed by atoms with Gasteiger partial charge in [0.15, 0.2) is 0 Å². The average molecular weight is 355 g/mol. The molecule has 2 aromatic carbocycles. The predicted octanol–water partition coefficient (Wildman–Crippen LogP) is 2.41. The van der Waals surface area contributed by atoms with E-state index in [1.807, 2.05) is 35.2 Å². The Balaban J connectivity index is 1.67. The number of nitro benzene ring substituents is 1. The highest BCUT2D eigenvalue weighted by molar-refractivity contribution is 5.74. The third-order valence-electron chi connectivity index (χ3n) is 4.71. The number of nitro groups is 1. The summed E-state index contributed by atoms with van der Waals surface area (Å²) in [5.74, 6) is -0.898. The molecule has 0 radical (unpaired) electrons. The fraction of sp³-hybridized carbons (Fsp3) is 0.316. The van der Waals surface area contributed by atoms with Gasteiger partial charge in [-0.15, -0.1) is 0 Å². The summed E-state index contributed by atoms with van der Waals surface area (Å²) in [6.45, 7) is 2.78. The van der Waals surface area contributed by atoms with E-state index in [4.69, 9.17) is 0 Å². The fourth-order valence-corrected chi connectivity index (χ4v) is 3.32. The van der Waals surface area contributed by atoms with Crippen molar-refractivity contribution >= 4 is 17.3 Å². The van der Waals surface area contributed by atoms with Gasteiger partial charge in [-0.2, -0.15) is 0 Å². The summed E-state index contributed by atoms with van der Waals surface area (Å²) < 4.78 is 0. The summed E-state index contributed by atoms with van der Waals surface area (Å²) in [6, 6.07) is 15.6. The summed E-state index contributed by atoms with van der Waals surface area (Å²) in [7, 11) is 0. The highest BCUT2D eigenvalue weighted by Gasteiger charge is 2.29. The van der Waals surface area contributed by atoms with E-state index in [1.165, 1.54) is 12.1 Å². The number of para-hydroxylation sites is 1. The lowest BCUT2D eigenvalue weighted by molar-refractivity contribution is -0.384. The van der Waals surface area contributed by atoms with E-state index >= 15 is 0 Å². The molecule has 2 aromatic rings. The molecule has 1 aliphatic heterocycles. The van der Waals surface area contributed by atoms with Crippen LogP contribution in [0.15, 0.2) is 54.6 Å². The average Bonchev–Trinajstić information content (AvgIpc) is 2.67. The number of nitrogens with zero attached hydrogens (tertiary/aromatic N) is 3. The standard InChI is InChI=1S/C19H21N3O4/c23-19(24)18(14-15-5-4-8-17(13-15)22(25)26)21-11-9-20(10-12-21)16-6-2-1-3-7-16/h1-8,13,18H,9-12,14H2,(H,23,24). The Labute approximate surface area is 151 Å². The monoisotopic (exact) mass is 355 g/mol. The molecule has 0 saturated carbocycles. The molecule has 0 aromatic heterocycles. The van der Waals surface area contributed by atoms with E-state index in [0.717, 1.165) is 18.8 Å². The number of carbonyl (C=O) groups is 1. The largest absolute Gasteiger partial charge is 0.480 e. The Morgan fingerprint density at radius 1 is 1.08 bits per heavy atom. The van der Waals surface area contributed by atoms with Gasteiger partial charge in [0.2, 0.25) is 0 Å². The molecule has 0 aliphatic carbocycles. The molecule has 1 N–H and O–H groups in total. The number of hydrogen-bond donors (Lipinski definition) is 1. The lowest BCUT2D eigenvalue weighted by Gasteiger charge is -2.38. The molecule has 7 nitrogen and oxygen atoms in total. The van der Waals surface area contributed by atoms with Crippen molar-refractivity contribution in [1.29, 1.82) is 0 Å². The second-order valence-electron chi connectivity index (χ2n) is 6.34. The number of carboxylic acids is 1. The van der Waals surface area contributed by atoms with Crippen molar-refractivity contribution in [3.8, 4) is 0 Å². The normalized spacial score (nSPS) is 16.2. The Bertz CT molecular complexity index is 773. The number of anilines is 1. The molecule has 0 bridgehead atoms. The van der Waals surface area contributed by atoms with Gasteiger partial charge in [-0.3, -0.25) is 19.8 Å². The Hall–Kier alpha value is -2.93. The Morgan fingerprint density at radius 3 is 2.38 bits per heavy atom. The molecule has 1 atom stereocenters. The first kappa shape index (κ1) is 17.9. The molecule has 1 fully saturated rings. The smallest absolute Gasteiger partial charge is 0.321 e. The topological polar surface area (TPSA) is 86.9 Å². The van der Waals surface area contributed by atoms with Gasteiger partial charge in [0, 0.05) is 44.0 Å². The zero-order valence-electron chi connectivity index (χ0n) is 14.3. The summed E-state index contributed by atoms with van der Waals surface area (Å²) in [5, 5.41) is 20.6. The third-order valence-corrected chi connectivity index (χ3v) is 4.71. The molecule has 3 rings (SSSR count). The second-order valence-corrected chi connectivity index (χ2v) is 6.34. The number of aliphatic carboxylic acids is 1. The van der Waals surface area contributed by atoms with Crippen LogP contribution in [-0.4, -0.2) is 53.1 Å². The zero-order chi connectivity index (χ0) is 18.5. The molecule has 1 aliphatic rings. The molecule has 1 unspecified atom stereocenters. The summed E-state index contributed by atoms with van der Waals surface area (Å²) in [6.07, 6.45) is 0.252. The predicted molar refractivity (Wildman–Crippen MR) is 98.5 cm³/mol. The van der Waals surface area contributed by atoms with Crippen molar-refractivity contribution in [3.63, 3.8) is 0 Å². The van der Waals surface area contributed by atoms with Gasteiger partial charge in [0.25, 0.3) is 5.69 Å². The van der Waals surface area contributed by atoms with Gasteiger partial charge in [0.05, 0.1) is 4.92 Å². The van der Waals surface area contributed by atoms with Crippen molar-refractivity contribution in [2.24, 2.45) is 0 Å². The van der Waals surface area contributed by atoms with E-state index in [1.54, 1.807) is 12.1 Å². The maximum Gasteiger partial charge on any atom is 0.321 e. The Kier molecular flexibility index (Phi) is 5.48. The van der Waals surface area contributed by atoms with Crippen molar-refractivity contribution in [3.05, 3.63) is 70.3 Å². The van der Waals surface area contributed by atoms with Crippen LogP contribution in [0, 0.1) is 10.1 Å². The number of benzene rings is 2. The van der Waals surface area contributed by atoms with E-state index in [-0.39, 0.29) is 12.1 Å². The molecular formula is C19H21N3O4. The van der Waals surface area contributed by atoms with Crippen LogP contribution in [0.5, 0.6) is 0 Å². The maximum atomic E-state index is 11.8. The minimum Gasteiger partial charge on any atom is -0.480 e. The first-order valence-corrected chi connectivity index (χ1v) is 8.55. The molecule has 0 spiro atoms. The molecule has 136 valence electrons. The van der Waals surface area contributed by atoms with Gasteiger partial charge >= 0.3 is 5.97 Å². The van der Waals surface area contributed by atoms with Crippen LogP contribution >= 0.6 is 0 Å². The number of piperazine rings is 1. The molecule has 7 heteroatoms. The van der Waals surface area contributed by atoms with Crippen molar-refractivity contribution in [1.82, 2.24) is 4.90 Å². The SMILES string of the molecule is O=C(O)C(Cc1cccc([N+](=O)[O-])c1)N1CCN(c2ccccc2)CC1. The van der Waals surface area contributed by atoms with Crippen molar-refractivity contribution in [2.75, 3.05) is 31.1 Å². The number of hydrogen-bond acceptors (Lipinski definition) is 5. The van der Waals surface area contributed by atoms with Crippen LogP contribution in [0.4, 0.5) is 11.4 Å². The van der Waals surface area contributed by atoms with Crippen LogP contribution in [0.2, 0.25) is 0 Å². The van der Waals surface area contributed by atoms with Crippen LogP contribution in [0.3, 0.4) is 0 Å². The van der Waals surface area contributed by atoms with Crippen LogP contribution in [0.1, 0.15) is 5.56 Å². The van der Waals surface area contributed by atoms with Crippen LogP contribution < -0.4 is 4.90 Å². The van der Waals surface area contributed by atoms with E-state index in [9.17, 15) is 20.0 Å². The van der Waals surface area contributed by atoms with Crippen LogP contribution in [0.25, 0.3) is 0 Å². The lowest BCUT2D eigenvalue weighted by atomic mass is 10.0. The van der Waals surface area contributed by atoms with E-state index in [0.29, 0.717) is 18.7 Å². The highest BCUT2D eigenvalue weighted by atomic mass is 16.6. The van der Waals surface area contributed by atoms with Gasteiger partial charge in [-0.05, 0) is 24.1 Å². The van der Waals surface area contributed by atoms with E-state index in [2.05, 4.69) is 4.90 Å². The Morgan fingerprint density at radius 2 is 1.77 bits per heavy atom. The molecule has 1 heterocycles. The number of rotatable bonds is 6. The summed E-state index contributed by atoms with van der Waals surface area (Å²) in [4.78, 5) is 26.4. The molecule has 1 saturated heterocycles.